The van der Waals surface area contributed by atoms with Gasteiger partial charge in [0.1, 0.15) is 0 Å². The van der Waals surface area contributed by atoms with Crippen LogP contribution < -0.4 is 10.6 Å². The highest BCUT2D eigenvalue weighted by atomic mass is 35.5. The fourth-order valence-electron chi connectivity index (χ4n) is 3.53. The fourth-order valence-corrected chi connectivity index (χ4v) is 3.53. The maximum atomic E-state index is 13.1. The summed E-state index contributed by atoms with van der Waals surface area (Å²) in [4.78, 5) is 12.0. The molecule has 122 valence electrons. The lowest BCUT2D eigenvalue weighted by atomic mass is 9.89. The van der Waals surface area contributed by atoms with Crippen molar-refractivity contribution in [2.75, 3.05) is 0 Å². The van der Waals surface area contributed by atoms with Crippen molar-refractivity contribution < 1.29 is 13.6 Å². The van der Waals surface area contributed by atoms with Gasteiger partial charge in [-0.1, -0.05) is 6.07 Å². The molecular formula is C16H21ClF2N2O. The Bertz CT molecular complexity index is 529. The van der Waals surface area contributed by atoms with Gasteiger partial charge in [0.25, 0.3) is 0 Å². The Morgan fingerprint density at radius 2 is 1.86 bits per heavy atom. The zero-order chi connectivity index (χ0) is 14.8. The third kappa shape index (κ3) is 4.17. The van der Waals surface area contributed by atoms with Crippen LogP contribution in [0.5, 0.6) is 0 Å². The molecule has 2 aliphatic rings. The van der Waals surface area contributed by atoms with Crippen LogP contribution in [0.2, 0.25) is 0 Å². The molecule has 3 rings (SSSR count). The summed E-state index contributed by atoms with van der Waals surface area (Å²) in [7, 11) is 0. The Kier molecular flexibility index (Phi) is 5.75. The SMILES string of the molecule is Cl.O=C(CC1CC2CCC(C1)N2)NCc1ccc(F)c(F)c1. The molecule has 2 atom stereocenters. The van der Waals surface area contributed by atoms with Crippen LogP contribution >= 0.6 is 12.4 Å². The lowest BCUT2D eigenvalue weighted by molar-refractivity contribution is -0.122. The van der Waals surface area contributed by atoms with Crippen molar-refractivity contribution in [1.29, 1.82) is 0 Å². The van der Waals surface area contributed by atoms with Gasteiger partial charge in [-0.15, -0.1) is 12.4 Å². The predicted octanol–water partition coefficient (Wildman–Crippen LogP) is 2.92. The van der Waals surface area contributed by atoms with Crippen molar-refractivity contribution in [3.05, 3.63) is 35.4 Å². The molecule has 6 heteroatoms. The molecule has 1 aromatic rings. The summed E-state index contributed by atoms with van der Waals surface area (Å²) < 4.78 is 25.9. The zero-order valence-corrected chi connectivity index (χ0v) is 13.1. The van der Waals surface area contributed by atoms with Gasteiger partial charge in [0.05, 0.1) is 0 Å². The smallest absolute Gasteiger partial charge is 0.220 e. The average Bonchev–Trinajstić information content (AvgIpc) is 2.79. The Morgan fingerprint density at radius 1 is 1.18 bits per heavy atom. The molecule has 2 heterocycles. The van der Waals surface area contributed by atoms with Crippen LogP contribution in [0.1, 0.15) is 37.7 Å². The first kappa shape index (κ1) is 17.2. The van der Waals surface area contributed by atoms with E-state index in [0.29, 0.717) is 30.0 Å². The Hall–Kier alpha value is -1.20. The minimum atomic E-state index is -0.878. The Labute approximate surface area is 135 Å². The highest BCUT2D eigenvalue weighted by Gasteiger charge is 2.34. The molecule has 0 radical (unpaired) electrons. The predicted molar refractivity (Wildman–Crippen MR) is 82.7 cm³/mol. The quantitative estimate of drug-likeness (QED) is 0.891. The van der Waals surface area contributed by atoms with E-state index in [0.717, 1.165) is 25.0 Å². The molecule has 2 saturated heterocycles. The molecular weight excluding hydrogens is 310 g/mol. The summed E-state index contributed by atoms with van der Waals surface area (Å²) in [5.74, 6) is -1.31. The number of piperidine rings is 1. The van der Waals surface area contributed by atoms with Crippen LogP contribution in [0.3, 0.4) is 0 Å². The molecule has 0 spiro atoms. The molecule has 2 bridgehead atoms. The third-order valence-electron chi connectivity index (χ3n) is 4.52. The number of hydrogen-bond acceptors (Lipinski definition) is 2. The Morgan fingerprint density at radius 3 is 2.50 bits per heavy atom. The standard InChI is InChI=1S/C16H20F2N2O.ClH/c17-14-4-1-10(7-15(14)18)9-19-16(21)8-11-5-12-2-3-13(6-11)20-12;/h1,4,7,11-13,20H,2-3,5-6,8-9H2,(H,19,21);1H. The average molecular weight is 331 g/mol. The van der Waals surface area contributed by atoms with Crippen LogP contribution in [0.4, 0.5) is 8.78 Å². The molecule has 22 heavy (non-hydrogen) atoms. The van der Waals surface area contributed by atoms with Crippen LogP contribution in [0.25, 0.3) is 0 Å². The lowest BCUT2D eigenvalue weighted by Crippen LogP contribution is -2.39. The maximum Gasteiger partial charge on any atom is 0.220 e. The summed E-state index contributed by atoms with van der Waals surface area (Å²) in [5, 5.41) is 6.35. The number of carbonyl (C=O) groups excluding carboxylic acids is 1. The van der Waals surface area contributed by atoms with Gasteiger partial charge in [-0.05, 0) is 49.3 Å². The highest BCUT2D eigenvalue weighted by Crippen LogP contribution is 2.32. The van der Waals surface area contributed by atoms with E-state index in [2.05, 4.69) is 10.6 Å². The second-order valence-corrected chi connectivity index (χ2v) is 6.20. The van der Waals surface area contributed by atoms with Crippen LogP contribution in [-0.2, 0) is 11.3 Å². The topological polar surface area (TPSA) is 41.1 Å². The van der Waals surface area contributed by atoms with Crippen molar-refractivity contribution in [2.24, 2.45) is 5.92 Å². The first-order valence-electron chi connectivity index (χ1n) is 7.57. The molecule has 0 aliphatic carbocycles. The van der Waals surface area contributed by atoms with Crippen molar-refractivity contribution in [3.8, 4) is 0 Å². The van der Waals surface area contributed by atoms with Gasteiger partial charge in [-0.2, -0.15) is 0 Å². The van der Waals surface area contributed by atoms with Gasteiger partial charge in [-0.3, -0.25) is 4.79 Å². The number of nitrogens with one attached hydrogen (secondary N) is 2. The van der Waals surface area contributed by atoms with E-state index in [1.807, 2.05) is 0 Å². The van der Waals surface area contributed by atoms with Crippen LogP contribution in [0.15, 0.2) is 18.2 Å². The molecule has 1 aromatic carbocycles. The van der Waals surface area contributed by atoms with Gasteiger partial charge in [0.15, 0.2) is 11.6 Å². The van der Waals surface area contributed by atoms with Gasteiger partial charge >= 0.3 is 0 Å². The van der Waals surface area contributed by atoms with E-state index in [4.69, 9.17) is 0 Å². The molecule has 0 aromatic heterocycles. The fraction of sp³-hybridized carbons (Fsp3) is 0.562. The lowest BCUT2D eigenvalue weighted by Gasteiger charge is -2.28. The van der Waals surface area contributed by atoms with E-state index in [1.165, 1.54) is 18.9 Å². The number of fused-ring (bicyclic) bond motifs is 2. The maximum absolute atomic E-state index is 13.1. The van der Waals surface area contributed by atoms with E-state index < -0.39 is 11.6 Å². The first-order valence-corrected chi connectivity index (χ1v) is 7.57. The van der Waals surface area contributed by atoms with E-state index in [1.54, 1.807) is 0 Å². The number of benzene rings is 1. The normalized spacial score (nSPS) is 26.4. The number of carbonyl (C=O) groups is 1. The molecule has 1 amide bonds. The van der Waals surface area contributed by atoms with Crippen LogP contribution in [0, 0.1) is 17.6 Å². The highest BCUT2D eigenvalue weighted by molar-refractivity contribution is 5.85. The van der Waals surface area contributed by atoms with Crippen molar-refractivity contribution in [1.82, 2.24) is 10.6 Å². The number of rotatable bonds is 4. The third-order valence-corrected chi connectivity index (χ3v) is 4.52. The van der Waals surface area contributed by atoms with Crippen molar-refractivity contribution >= 4 is 18.3 Å². The molecule has 2 unspecified atom stereocenters. The number of hydrogen-bond donors (Lipinski definition) is 2. The van der Waals surface area contributed by atoms with Gasteiger partial charge < -0.3 is 10.6 Å². The zero-order valence-electron chi connectivity index (χ0n) is 12.3. The summed E-state index contributed by atoms with van der Waals surface area (Å²) >= 11 is 0. The second-order valence-electron chi connectivity index (χ2n) is 6.20. The number of amides is 1. The largest absolute Gasteiger partial charge is 0.352 e. The van der Waals surface area contributed by atoms with E-state index in [-0.39, 0.29) is 24.9 Å². The minimum absolute atomic E-state index is 0. The Balaban J connectivity index is 0.00000176. The molecule has 3 nitrogen and oxygen atoms in total. The summed E-state index contributed by atoms with van der Waals surface area (Å²) in [6.45, 7) is 0.244. The first-order chi connectivity index (χ1) is 10.1. The summed E-state index contributed by atoms with van der Waals surface area (Å²) in [5.41, 5.74) is 0.577. The monoisotopic (exact) mass is 330 g/mol. The van der Waals surface area contributed by atoms with E-state index >= 15 is 0 Å². The molecule has 2 N–H and O–H groups in total. The number of halogens is 3. The summed E-state index contributed by atoms with van der Waals surface area (Å²) in [6.07, 6.45) is 5.10. The van der Waals surface area contributed by atoms with Gasteiger partial charge in [-0.25, -0.2) is 8.78 Å². The minimum Gasteiger partial charge on any atom is -0.352 e. The van der Waals surface area contributed by atoms with Gasteiger partial charge in [0, 0.05) is 25.0 Å². The van der Waals surface area contributed by atoms with Crippen molar-refractivity contribution in [2.45, 2.75) is 50.7 Å². The van der Waals surface area contributed by atoms with E-state index in [9.17, 15) is 13.6 Å². The van der Waals surface area contributed by atoms with Gasteiger partial charge in [0.2, 0.25) is 5.91 Å². The molecule has 0 saturated carbocycles. The second kappa shape index (κ2) is 7.38. The van der Waals surface area contributed by atoms with Crippen LogP contribution in [-0.4, -0.2) is 18.0 Å². The van der Waals surface area contributed by atoms with Crippen molar-refractivity contribution in [3.63, 3.8) is 0 Å². The molecule has 2 aliphatic heterocycles. The molecule has 2 fully saturated rings. The summed E-state index contributed by atoms with van der Waals surface area (Å²) in [6, 6.07) is 4.85.